The first kappa shape index (κ1) is 25.8. The Morgan fingerprint density at radius 3 is 2.46 bits per heavy atom. The van der Waals surface area contributed by atoms with E-state index >= 15 is 0 Å². The fourth-order valence-corrected chi connectivity index (χ4v) is 5.19. The van der Waals surface area contributed by atoms with E-state index in [4.69, 9.17) is 0 Å². The molecule has 8 heteroatoms. The average Bonchev–Trinajstić information content (AvgIpc) is 3.35. The zero-order chi connectivity index (χ0) is 28.3. The molecular weight excluding hydrogens is 516 g/mol. The predicted molar refractivity (Wildman–Crippen MR) is 155 cm³/mol. The highest BCUT2D eigenvalue weighted by atomic mass is 16.4. The maximum atomic E-state index is 14.0. The minimum Gasteiger partial charge on any atom is -0.478 e. The summed E-state index contributed by atoms with van der Waals surface area (Å²) in [6, 6.07) is 28.0. The van der Waals surface area contributed by atoms with Gasteiger partial charge in [0.1, 0.15) is 11.7 Å². The smallest absolute Gasteiger partial charge is 0.336 e. The van der Waals surface area contributed by atoms with E-state index in [1.54, 1.807) is 67.0 Å². The van der Waals surface area contributed by atoms with Crippen molar-refractivity contribution in [1.29, 1.82) is 0 Å². The predicted octanol–water partition coefficient (Wildman–Crippen LogP) is 5.58. The highest BCUT2D eigenvalue weighted by Crippen LogP contribution is 2.33. The number of nitrogens with one attached hydrogen (secondary N) is 2. The third-order valence-electron chi connectivity index (χ3n) is 7.26. The van der Waals surface area contributed by atoms with Crippen molar-refractivity contribution >= 4 is 23.3 Å². The van der Waals surface area contributed by atoms with Gasteiger partial charge in [-0.3, -0.25) is 14.6 Å². The Bertz CT molecular complexity index is 1760. The summed E-state index contributed by atoms with van der Waals surface area (Å²) in [6.45, 7) is 0.761. The Morgan fingerprint density at radius 2 is 1.68 bits per heavy atom. The number of pyridine rings is 1. The maximum Gasteiger partial charge on any atom is 0.336 e. The van der Waals surface area contributed by atoms with E-state index in [9.17, 15) is 19.5 Å². The lowest BCUT2D eigenvalue weighted by Gasteiger charge is -2.19. The second-order valence-corrected chi connectivity index (χ2v) is 9.80. The number of benzene rings is 3. The molecule has 0 bridgehead atoms. The van der Waals surface area contributed by atoms with Crippen molar-refractivity contribution in [2.24, 2.45) is 0 Å². The minimum atomic E-state index is -1.01. The summed E-state index contributed by atoms with van der Waals surface area (Å²) in [7, 11) is 0. The van der Waals surface area contributed by atoms with E-state index < -0.39 is 12.0 Å². The molecule has 0 saturated carbocycles. The van der Waals surface area contributed by atoms with E-state index in [1.165, 1.54) is 0 Å². The Labute approximate surface area is 236 Å². The van der Waals surface area contributed by atoms with Gasteiger partial charge in [-0.05, 0) is 52.6 Å². The number of amides is 1. The molecule has 2 aromatic heterocycles. The van der Waals surface area contributed by atoms with Crippen molar-refractivity contribution in [3.8, 4) is 11.1 Å². The first-order chi connectivity index (χ1) is 20.0. The van der Waals surface area contributed by atoms with Gasteiger partial charge in [0.05, 0.1) is 12.1 Å². The highest BCUT2D eigenvalue weighted by Gasteiger charge is 2.30. The Balaban J connectivity index is 1.32. The molecule has 0 radical (unpaired) electrons. The zero-order valence-corrected chi connectivity index (χ0v) is 22.0. The summed E-state index contributed by atoms with van der Waals surface area (Å²) in [4.78, 5) is 43.0. The normalized spacial score (nSPS) is 13.7. The van der Waals surface area contributed by atoms with Gasteiger partial charge in [-0.15, -0.1) is 0 Å². The largest absolute Gasteiger partial charge is 0.478 e. The lowest BCUT2D eigenvalue weighted by molar-refractivity contribution is 0.0697. The number of carboxylic acid groups (broad SMARTS) is 1. The number of aromatic nitrogens is 2. The number of para-hydroxylation sites is 1. The third kappa shape index (κ3) is 5.10. The second-order valence-electron chi connectivity index (χ2n) is 9.80. The van der Waals surface area contributed by atoms with Gasteiger partial charge in [-0.25, -0.2) is 4.79 Å². The van der Waals surface area contributed by atoms with Gasteiger partial charge in [-0.1, -0.05) is 66.7 Å². The Kier molecular flexibility index (Phi) is 6.87. The first-order valence-corrected chi connectivity index (χ1v) is 13.2. The summed E-state index contributed by atoms with van der Waals surface area (Å²) in [5.74, 6) is -1.42. The van der Waals surface area contributed by atoms with Crippen LogP contribution in [0.3, 0.4) is 0 Å². The zero-order valence-electron chi connectivity index (χ0n) is 22.0. The van der Waals surface area contributed by atoms with Crippen LogP contribution in [-0.2, 0) is 13.1 Å². The van der Waals surface area contributed by atoms with E-state index in [1.807, 2.05) is 47.0 Å². The molecule has 0 spiro atoms. The second kappa shape index (κ2) is 10.9. The number of carboxylic acids is 1. The fraction of sp³-hybridized carbons (Fsp3) is 0.0909. The van der Waals surface area contributed by atoms with E-state index in [-0.39, 0.29) is 17.3 Å². The highest BCUT2D eigenvalue weighted by molar-refractivity contribution is 6.03. The number of fused-ring (bicyclic) bond motifs is 2. The van der Waals surface area contributed by atoms with Gasteiger partial charge in [-0.2, -0.15) is 0 Å². The van der Waals surface area contributed by atoms with Crippen LogP contribution >= 0.6 is 0 Å². The van der Waals surface area contributed by atoms with Gasteiger partial charge < -0.3 is 20.3 Å². The SMILES string of the molecule is O=C(O)c1ccccc1-c1ccc(C(=O)C2Nc3ccccc3Cn3c(C(=O)NCc4cccnc4)ccc32)cc1. The number of rotatable bonds is 7. The molecule has 3 heterocycles. The lowest BCUT2D eigenvalue weighted by atomic mass is 9.96. The molecule has 0 fully saturated rings. The summed E-state index contributed by atoms with van der Waals surface area (Å²) < 4.78 is 1.89. The molecule has 6 rings (SSSR count). The van der Waals surface area contributed by atoms with E-state index in [0.717, 1.165) is 16.8 Å². The standard InChI is InChI=1S/C33H26N4O4/c38-31(23-13-11-22(12-14-23)25-8-2-3-9-26(25)33(40)41)30-28-15-16-29(32(39)35-19-21-6-5-17-34-18-21)37(28)20-24-7-1-4-10-27(24)36-30/h1-18,30,36H,19-20H2,(H,35,39)(H,40,41). The molecule has 202 valence electrons. The van der Waals surface area contributed by atoms with Crippen molar-refractivity contribution < 1.29 is 19.5 Å². The summed E-state index contributed by atoms with van der Waals surface area (Å²) in [5, 5.41) is 15.9. The van der Waals surface area contributed by atoms with Gasteiger partial charge in [0, 0.05) is 35.9 Å². The molecule has 1 amide bonds. The molecule has 0 aliphatic carbocycles. The first-order valence-electron chi connectivity index (χ1n) is 13.2. The molecule has 3 N–H and O–H groups in total. The fourth-order valence-electron chi connectivity index (χ4n) is 5.19. The number of hydrogen-bond donors (Lipinski definition) is 3. The number of carbonyl (C=O) groups excluding carboxylic acids is 2. The summed E-state index contributed by atoms with van der Waals surface area (Å²) >= 11 is 0. The van der Waals surface area contributed by atoms with Gasteiger partial charge >= 0.3 is 5.97 Å². The molecule has 1 aliphatic heterocycles. The van der Waals surface area contributed by atoms with Crippen molar-refractivity contribution in [3.63, 3.8) is 0 Å². The number of nitrogens with zero attached hydrogens (tertiary/aromatic N) is 2. The number of anilines is 1. The number of ketones is 1. The van der Waals surface area contributed by atoms with Gasteiger partial charge in [0.25, 0.3) is 5.91 Å². The molecule has 8 nitrogen and oxygen atoms in total. The molecule has 1 atom stereocenters. The van der Waals surface area contributed by atoms with Crippen molar-refractivity contribution in [1.82, 2.24) is 14.9 Å². The van der Waals surface area contributed by atoms with E-state index in [0.29, 0.717) is 41.2 Å². The summed E-state index contributed by atoms with van der Waals surface area (Å²) in [5.41, 5.74) is 5.75. The van der Waals surface area contributed by atoms with Gasteiger partial charge in [0.2, 0.25) is 0 Å². The average molecular weight is 543 g/mol. The van der Waals surface area contributed by atoms with Gasteiger partial charge in [0.15, 0.2) is 5.78 Å². The third-order valence-corrected chi connectivity index (χ3v) is 7.26. The van der Waals surface area contributed by atoms with Crippen LogP contribution in [0.1, 0.15) is 54.1 Å². The van der Waals surface area contributed by atoms with Crippen LogP contribution in [0.15, 0.2) is 109 Å². The Morgan fingerprint density at radius 1 is 0.902 bits per heavy atom. The van der Waals surface area contributed by atoms with Crippen molar-refractivity contribution in [2.75, 3.05) is 5.32 Å². The van der Waals surface area contributed by atoms with E-state index in [2.05, 4.69) is 15.6 Å². The number of aromatic carboxylic acids is 1. The topological polar surface area (TPSA) is 113 Å². The molecule has 5 aromatic rings. The molecule has 3 aromatic carbocycles. The van der Waals surface area contributed by atoms with Crippen LogP contribution in [0, 0.1) is 0 Å². The van der Waals surface area contributed by atoms with Crippen molar-refractivity contribution in [3.05, 3.63) is 143 Å². The van der Waals surface area contributed by atoms with Crippen LogP contribution in [0.4, 0.5) is 5.69 Å². The van der Waals surface area contributed by atoms with Crippen LogP contribution in [-0.4, -0.2) is 32.3 Å². The molecular formula is C33H26N4O4. The lowest BCUT2D eigenvalue weighted by Crippen LogP contribution is -2.27. The van der Waals surface area contributed by atoms with Crippen molar-refractivity contribution in [2.45, 2.75) is 19.1 Å². The minimum absolute atomic E-state index is 0.165. The maximum absolute atomic E-state index is 14.0. The number of hydrogen-bond acceptors (Lipinski definition) is 5. The molecule has 0 saturated heterocycles. The molecule has 1 aliphatic rings. The van der Waals surface area contributed by atoms with Crippen LogP contribution < -0.4 is 10.6 Å². The van der Waals surface area contributed by atoms with Crippen LogP contribution in [0.2, 0.25) is 0 Å². The Hall–Kier alpha value is -5.50. The quantitative estimate of drug-likeness (QED) is 0.232. The van der Waals surface area contributed by atoms with Crippen LogP contribution in [0.5, 0.6) is 0 Å². The monoisotopic (exact) mass is 542 g/mol. The summed E-state index contributed by atoms with van der Waals surface area (Å²) in [6.07, 6.45) is 3.39. The molecule has 41 heavy (non-hydrogen) atoms. The molecule has 1 unspecified atom stereocenters. The van der Waals surface area contributed by atoms with Crippen LogP contribution in [0.25, 0.3) is 11.1 Å². The number of carbonyl (C=O) groups is 3. The number of Topliss-reactive ketones (excluding diaryl/α,β-unsaturated/α-hetero) is 1.